The van der Waals surface area contributed by atoms with Gasteiger partial charge >= 0.3 is 17.9 Å². The van der Waals surface area contributed by atoms with E-state index in [0.717, 1.165) is 11.8 Å². The molecule has 0 fully saturated rings. The first kappa shape index (κ1) is 24.7. The summed E-state index contributed by atoms with van der Waals surface area (Å²) in [6, 6.07) is -2.41. The zero-order chi connectivity index (χ0) is 21.1. The van der Waals surface area contributed by atoms with Gasteiger partial charge in [-0.3, -0.25) is 24.0 Å². The number of amides is 2. The number of nitrogens with two attached hydrogens (primary N) is 1. The van der Waals surface area contributed by atoms with Gasteiger partial charge in [0.1, 0.15) is 23.9 Å². The van der Waals surface area contributed by atoms with Gasteiger partial charge in [-0.15, -0.1) is 11.8 Å². The lowest BCUT2D eigenvalue weighted by atomic mass is 10.1. The topological polar surface area (TPSA) is 196 Å². The Morgan fingerprint density at radius 2 is 1.63 bits per heavy atom. The van der Waals surface area contributed by atoms with Crippen LogP contribution >= 0.6 is 11.8 Å². The van der Waals surface area contributed by atoms with Gasteiger partial charge in [0, 0.05) is 12.2 Å². The minimum Gasteiger partial charge on any atom is -0.480 e. The number of rotatable bonds is 13. The summed E-state index contributed by atoms with van der Waals surface area (Å²) in [5, 5.41) is 30.2. The largest absolute Gasteiger partial charge is 0.480 e. The third-order valence-corrected chi connectivity index (χ3v) is 4.99. The summed E-state index contributed by atoms with van der Waals surface area (Å²) in [7, 11) is 0. The van der Waals surface area contributed by atoms with Gasteiger partial charge in [0.05, 0.1) is 0 Å². The molecule has 0 heterocycles. The Hall–Kier alpha value is -2.34. The fraction of sp³-hybridized carbons (Fsp3) is 0.667. The van der Waals surface area contributed by atoms with Crippen LogP contribution in [0.3, 0.4) is 0 Å². The number of nitrogens with one attached hydrogen (secondary N) is 2. The van der Waals surface area contributed by atoms with Gasteiger partial charge < -0.3 is 31.7 Å². The van der Waals surface area contributed by atoms with E-state index in [2.05, 4.69) is 10.6 Å². The summed E-state index contributed by atoms with van der Waals surface area (Å²) in [5.74, 6) is -5.39. The number of hydrogen-bond acceptors (Lipinski definition) is 7. The minimum atomic E-state index is -1.28. The van der Waals surface area contributed by atoms with E-state index in [4.69, 9.17) is 15.9 Å². The van der Waals surface area contributed by atoms with E-state index in [0.29, 0.717) is 0 Å². The number of aliphatic carboxylic acids is 3. The van der Waals surface area contributed by atoms with E-state index in [1.807, 2.05) is 0 Å². The molecule has 0 spiro atoms. The predicted octanol–water partition coefficient (Wildman–Crippen LogP) is -1.29. The maximum atomic E-state index is 12.1. The average molecular weight is 407 g/mol. The molecule has 154 valence electrons. The Kier molecular flexibility index (Phi) is 11.1. The second-order valence-electron chi connectivity index (χ2n) is 6.05. The van der Waals surface area contributed by atoms with E-state index < -0.39 is 53.6 Å². The van der Waals surface area contributed by atoms with Crippen molar-refractivity contribution in [3.05, 3.63) is 0 Å². The van der Waals surface area contributed by atoms with E-state index in [-0.39, 0.29) is 24.5 Å². The summed E-state index contributed by atoms with van der Waals surface area (Å²) >= 11 is 0.938. The van der Waals surface area contributed by atoms with Crippen LogP contribution < -0.4 is 16.4 Å². The molecule has 1 unspecified atom stereocenters. The highest BCUT2D eigenvalue weighted by Crippen LogP contribution is 2.20. The maximum absolute atomic E-state index is 12.1. The average Bonchev–Trinajstić information content (AvgIpc) is 2.55. The smallest absolute Gasteiger partial charge is 0.322 e. The molecule has 0 aromatic carbocycles. The molecule has 2 amide bonds. The van der Waals surface area contributed by atoms with Crippen molar-refractivity contribution >= 4 is 41.5 Å². The second-order valence-corrected chi connectivity index (χ2v) is 7.23. The highest BCUT2D eigenvalue weighted by atomic mass is 32.2. The molecule has 0 saturated heterocycles. The summed E-state index contributed by atoms with van der Waals surface area (Å²) in [6.07, 6.45) is -0.408. The molecule has 0 aliphatic heterocycles. The second kappa shape index (κ2) is 12.1. The summed E-state index contributed by atoms with van der Waals surface area (Å²) in [6.45, 7) is 2.72. The Morgan fingerprint density at radius 1 is 1.04 bits per heavy atom. The van der Waals surface area contributed by atoms with Crippen LogP contribution in [-0.4, -0.2) is 74.7 Å². The lowest BCUT2D eigenvalue weighted by molar-refractivity contribution is -0.139. The van der Waals surface area contributed by atoms with Gasteiger partial charge in [-0.1, -0.05) is 13.8 Å². The molecule has 0 aliphatic carbocycles. The van der Waals surface area contributed by atoms with Crippen LogP contribution in [0.2, 0.25) is 0 Å². The van der Waals surface area contributed by atoms with Gasteiger partial charge in [-0.2, -0.15) is 0 Å². The van der Waals surface area contributed by atoms with Gasteiger partial charge in [0.25, 0.3) is 0 Å². The Balaban J connectivity index is 4.93. The molecule has 12 heteroatoms. The molecule has 7 N–H and O–H groups in total. The molecule has 0 aromatic heterocycles. The molecular formula is C15H25N3O8S. The van der Waals surface area contributed by atoms with E-state index in [1.165, 1.54) is 0 Å². The van der Waals surface area contributed by atoms with E-state index >= 15 is 0 Å². The third kappa shape index (κ3) is 10.4. The summed E-state index contributed by atoms with van der Waals surface area (Å²) in [4.78, 5) is 56.6. The Bertz CT molecular complexity index is 569. The first-order valence-corrected chi connectivity index (χ1v) is 9.12. The summed E-state index contributed by atoms with van der Waals surface area (Å²) < 4.78 is 0. The number of hydrogen-bond donors (Lipinski definition) is 6. The first-order valence-electron chi connectivity index (χ1n) is 8.07. The fourth-order valence-electron chi connectivity index (χ4n) is 1.89. The normalized spacial score (nSPS) is 14.1. The molecule has 0 aliphatic rings. The van der Waals surface area contributed by atoms with Crippen molar-refractivity contribution in [2.45, 2.75) is 44.0 Å². The van der Waals surface area contributed by atoms with Crippen LogP contribution in [0.25, 0.3) is 0 Å². The lowest BCUT2D eigenvalue weighted by Crippen LogP contribution is -2.50. The van der Waals surface area contributed by atoms with Gasteiger partial charge in [-0.25, -0.2) is 0 Å². The zero-order valence-electron chi connectivity index (χ0n) is 15.0. The van der Waals surface area contributed by atoms with Crippen molar-refractivity contribution < 1.29 is 39.3 Å². The van der Waals surface area contributed by atoms with Crippen LogP contribution in [-0.2, 0) is 24.0 Å². The number of carbonyl (C=O) groups excluding carboxylic acids is 2. The Morgan fingerprint density at radius 3 is 2.07 bits per heavy atom. The van der Waals surface area contributed by atoms with E-state index in [1.54, 1.807) is 13.8 Å². The summed E-state index contributed by atoms with van der Waals surface area (Å²) in [5.41, 5.74) is 5.31. The van der Waals surface area contributed by atoms with Crippen molar-refractivity contribution in [1.29, 1.82) is 0 Å². The molecule has 0 radical (unpaired) electrons. The van der Waals surface area contributed by atoms with Crippen LogP contribution in [0.5, 0.6) is 0 Å². The lowest BCUT2D eigenvalue weighted by Gasteiger charge is -2.21. The SMILES string of the molecule is CC(C)C(SC[C@H](NC(=O)CC[C@H](N)C(=O)O)C(=O)NCC(=O)O)C(=O)O. The van der Waals surface area contributed by atoms with Gasteiger partial charge in [0.2, 0.25) is 11.8 Å². The van der Waals surface area contributed by atoms with Crippen molar-refractivity contribution in [3.63, 3.8) is 0 Å². The first-order chi connectivity index (χ1) is 12.5. The van der Waals surface area contributed by atoms with Crippen LogP contribution in [0, 0.1) is 5.92 Å². The van der Waals surface area contributed by atoms with E-state index in [9.17, 15) is 29.1 Å². The zero-order valence-corrected chi connectivity index (χ0v) is 15.8. The number of carboxylic acids is 3. The fourth-order valence-corrected chi connectivity index (χ4v) is 3.06. The highest BCUT2D eigenvalue weighted by Gasteiger charge is 2.27. The van der Waals surface area contributed by atoms with Crippen molar-refractivity contribution in [3.8, 4) is 0 Å². The van der Waals surface area contributed by atoms with Crippen molar-refractivity contribution in [2.75, 3.05) is 12.3 Å². The molecule has 0 saturated carbocycles. The van der Waals surface area contributed by atoms with Crippen LogP contribution in [0.15, 0.2) is 0 Å². The quantitative estimate of drug-likeness (QED) is 0.213. The molecule has 0 bridgehead atoms. The van der Waals surface area contributed by atoms with Gasteiger partial charge in [-0.05, 0) is 12.3 Å². The highest BCUT2D eigenvalue weighted by molar-refractivity contribution is 8.00. The standard InChI is InChI=1S/C15H25N3O8S/c1-7(2)12(15(25)26)27-6-9(13(22)17-5-11(20)21)18-10(19)4-3-8(16)14(23)24/h7-9,12H,3-6,16H2,1-2H3,(H,17,22)(H,18,19)(H,20,21)(H,23,24)(H,25,26)/t8-,9-,12?/m0/s1. The predicted molar refractivity (Wildman–Crippen MR) is 96.1 cm³/mol. The number of carbonyl (C=O) groups is 5. The number of carboxylic acid groups (broad SMARTS) is 3. The molecule has 0 aromatic rings. The van der Waals surface area contributed by atoms with Crippen molar-refractivity contribution in [2.24, 2.45) is 11.7 Å². The Labute approximate surface area is 160 Å². The molecule has 11 nitrogen and oxygen atoms in total. The third-order valence-electron chi connectivity index (χ3n) is 3.36. The van der Waals surface area contributed by atoms with Crippen molar-refractivity contribution in [1.82, 2.24) is 10.6 Å². The molecule has 27 heavy (non-hydrogen) atoms. The molecule has 3 atom stereocenters. The number of thioether (sulfide) groups is 1. The van der Waals surface area contributed by atoms with Crippen LogP contribution in [0.4, 0.5) is 0 Å². The minimum absolute atomic E-state index is 0.0999. The maximum Gasteiger partial charge on any atom is 0.322 e. The van der Waals surface area contributed by atoms with Crippen LogP contribution in [0.1, 0.15) is 26.7 Å². The van der Waals surface area contributed by atoms with Gasteiger partial charge in [0.15, 0.2) is 0 Å². The molecule has 0 rings (SSSR count). The monoisotopic (exact) mass is 407 g/mol. The molecular weight excluding hydrogens is 382 g/mol.